The number of anilines is 1. The normalized spacial score (nSPS) is 12.7. The zero-order valence-electron chi connectivity index (χ0n) is 11.0. The average molecular weight is 325 g/mol. The Morgan fingerprint density at radius 3 is 2.20 bits per heavy atom. The zero-order valence-corrected chi connectivity index (χ0v) is 12.6. The van der Waals surface area contributed by atoms with Crippen LogP contribution in [0.3, 0.4) is 0 Å². The summed E-state index contributed by atoms with van der Waals surface area (Å²) in [6.45, 7) is 3.64. The third kappa shape index (κ3) is 3.88. The van der Waals surface area contributed by atoms with Crippen LogP contribution >= 0.6 is 0 Å². The van der Waals surface area contributed by atoms with E-state index in [2.05, 4.69) is 0 Å². The largest absolute Gasteiger partial charge is 0.301 e. The second-order valence-corrected chi connectivity index (χ2v) is 7.11. The van der Waals surface area contributed by atoms with E-state index in [0.717, 1.165) is 22.5 Å². The highest BCUT2D eigenvalue weighted by molar-refractivity contribution is 7.90. The van der Waals surface area contributed by atoms with Crippen molar-refractivity contribution in [2.45, 2.75) is 18.7 Å². The van der Waals surface area contributed by atoms with Gasteiger partial charge in [0.15, 0.2) is 0 Å². The molecule has 1 rings (SSSR count). The number of nitrogens with two attached hydrogens (primary N) is 1. The summed E-state index contributed by atoms with van der Waals surface area (Å²) < 4.78 is 62.9. The van der Waals surface area contributed by atoms with Crippen molar-refractivity contribution in [3.05, 3.63) is 24.0 Å². The third-order valence-corrected chi connectivity index (χ3v) is 5.14. The summed E-state index contributed by atoms with van der Waals surface area (Å²) in [4.78, 5) is -0.379. The minimum absolute atomic E-state index is 0.197. The molecule has 0 saturated carbocycles. The van der Waals surface area contributed by atoms with Gasteiger partial charge in [0, 0.05) is 13.1 Å². The molecule has 0 unspecified atom stereocenters. The molecule has 0 heterocycles. The molecule has 0 bridgehead atoms. The second kappa shape index (κ2) is 6.04. The van der Waals surface area contributed by atoms with Crippen molar-refractivity contribution in [2.24, 2.45) is 5.14 Å². The number of benzene rings is 1. The van der Waals surface area contributed by atoms with Crippen LogP contribution in [0.5, 0.6) is 0 Å². The van der Waals surface area contributed by atoms with Gasteiger partial charge in [-0.15, -0.1) is 0 Å². The maximum Gasteiger partial charge on any atom is 0.301 e. The van der Waals surface area contributed by atoms with Crippen molar-refractivity contribution in [3.63, 3.8) is 0 Å². The highest BCUT2D eigenvalue weighted by Crippen LogP contribution is 2.20. The molecule has 0 radical (unpaired) electrons. The van der Waals surface area contributed by atoms with Gasteiger partial charge < -0.3 is 0 Å². The number of hydrogen-bond acceptors (Lipinski definition) is 4. The molecule has 20 heavy (non-hydrogen) atoms. The third-order valence-electron chi connectivity index (χ3n) is 2.55. The maximum absolute atomic E-state index is 13.6. The molecule has 7 nitrogen and oxygen atoms in total. The first-order valence-electron chi connectivity index (χ1n) is 5.72. The molecule has 10 heteroatoms. The van der Waals surface area contributed by atoms with Gasteiger partial charge in [-0.05, 0) is 18.2 Å². The van der Waals surface area contributed by atoms with Crippen LogP contribution in [0, 0.1) is 5.82 Å². The number of rotatable bonds is 6. The Kier molecular flexibility index (Phi) is 5.08. The van der Waals surface area contributed by atoms with E-state index >= 15 is 0 Å². The van der Waals surface area contributed by atoms with Crippen molar-refractivity contribution in [1.82, 2.24) is 4.31 Å². The minimum atomic E-state index is -4.04. The number of hydrogen-bond donors (Lipinski definition) is 2. The maximum atomic E-state index is 13.6. The molecule has 0 aliphatic carbocycles. The lowest BCUT2D eigenvalue weighted by molar-refractivity contribution is 0.449. The summed E-state index contributed by atoms with van der Waals surface area (Å²) in [5, 5.41) is 4.91. The summed E-state index contributed by atoms with van der Waals surface area (Å²) in [5.41, 5.74) is -0.469. The number of halogens is 1. The van der Waals surface area contributed by atoms with E-state index in [9.17, 15) is 21.2 Å². The van der Waals surface area contributed by atoms with Gasteiger partial charge in [-0.3, -0.25) is 4.72 Å². The van der Waals surface area contributed by atoms with Crippen molar-refractivity contribution in [1.29, 1.82) is 0 Å². The predicted molar refractivity (Wildman–Crippen MR) is 73.2 cm³/mol. The Labute approximate surface area is 117 Å². The Balaban J connectivity index is 3.22. The van der Waals surface area contributed by atoms with E-state index in [0.29, 0.717) is 0 Å². The summed E-state index contributed by atoms with van der Waals surface area (Å²) in [6, 6.07) is 2.63. The van der Waals surface area contributed by atoms with Crippen molar-refractivity contribution in [2.75, 3.05) is 17.8 Å². The second-order valence-electron chi connectivity index (χ2n) is 3.88. The highest BCUT2D eigenvalue weighted by Gasteiger charge is 2.21. The first-order chi connectivity index (χ1) is 9.11. The molecule has 1 aromatic carbocycles. The SMILES string of the molecule is CCN(CC)S(=O)(=O)Nc1cc(S(N)(=O)=O)ccc1F. The fraction of sp³-hybridized carbons (Fsp3) is 0.400. The van der Waals surface area contributed by atoms with Gasteiger partial charge in [0.25, 0.3) is 0 Å². The Bertz CT molecular complexity index is 684. The summed E-state index contributed by atoms with van der Waals surface area (Å²) in [7, 11) is -8.00. The van der Waals surface area contributed by atoms with Crippen LogP contribution in [0.4, 0.5) is 10.1 Å². The predicted octanol–water partition coefficient (Wildman–Crippen LogP) is 0.472. The topological polar surface area (TPSA) is 110 Å². The van der Waals surface area contributed by atoms with Crippen LogP contribution in [-0.4, -0.2) is 34.2 Å². The van der Waals surface area contributed by atoms with E-state index < -0.39 is 31.7 Å². The molecule has 0 atom stereocenters. The van der Waals surface area contributed by atoms with Crippen molar-refractivity contribution < 1.29 is 21.2 Å². The van der Waals surface area contributed by atoms with Gasteiger partial charge in [0.2, 0.25) is 10.0 Å². The first kappa shape index (κ1) is 16.8. The molecule has 0 aromatic heterocycles. The van der Waals surface area contributed by atoms with Crippen LogP contribution in [-0.2, 0) is 20.2 Å². The molecule has 1 aromatic rings. The fourth-order valence-corrected chi connectivity index (χ4v) is 3.31. The van der Waals surface area contributed by atoms with Crippen LogP contribution < -0.4 is 9.86 Å². The lowest BCUT2D eigenvalue weighted by atomic mass is 10.3. The van der Waals surface area contributed by atoms with E-state index in [-0.39, 0.29) is 18.0 Å². The minimum Gasteiger partial charge on any atom is -0.268 e. The summed E-state index contributed by atoms with van der Waals surface area (Å²) in [6.07, 6.45) is 0. The van der Waals surface area contributed by atoms with Crippen LogP contribution in [0.2, 0.25) is 0 Å². The Morgan fingerprint density at radius 1 is 1.20 bits per heavy atom. The first-order valence-corrected chi connectivity index (χ1v) is 8.70. The Hall–Kier alpha value is -1.23. The van der Waals surface area contributed by atoms with Crippen LogP contribution in [0.25, 0.3) is 0 Å². The molecule has 0 aliphatic rings. The smallest absolute Gasteiger partial charge is 0.268 e. The zero-order chi connectivity index (χ0) is 15.6. The van der Waals surface area contributed by atoms with Gasteiger partial charge in [-0.1, -0.05) is 13.8 Å². The van der Waals surface area contributed by atoms with Crippen LogP contribution in [0.15, 0.2) is 23.1 Å². The molecule has 0 spiro atoms. The summed E-state index contributed by atoms with van der Waals surface area (Å²) in [5.74, 6) is -0.895. The molecular formula is C10H16FN3O4S2. The van der Waals surface area contributed by atoms with Gasteiger partial charge in [-0.25, -0.2) is 17.9 Å². The lowest BCUT2D eigenvalue weighted by Crippen LogP contribution is -2.35. The van der Waals surface area contributed by atoms with E-state index in [1.165, 1.54) is 0 Å². The molecule has 0 amide bonds. The van der Waals surface area contributed by atoms with Gasteiger partial charge in [-0.2, -0.15) is 12.7 Å². The number of nitrogens with one attached hydrogen (secondary N) is 1. The number of nitrogens with zero attached hydrogens (tertiary/aromatic N) is 1. The quantitative estimate of drug-likeness (QED) is 0.792. The van der Waals surface area contributed by atoms with E-state index in [1.54, 1.807) is 13.8 Å². The standard InChI is InChI=1S/C10H16FN3O4S2/c1-3-14(4-2)20(17,18)13-10-7-8(19(12,15)16)5-6-9(10)11/h5-7,13H,3-4H2,1-2H3,(H2,12,15,16). The van der Waals surface area contributed by atoms with E-state index in [4.69, 9.17) is 5.14 Å². The van der Waals surface area contributed by atoms with Crippen molar-refractivity contribution >= 4 is 25.9 Å². The molecular weight excluding hydrogens is 309 g/mol. The van der Waals surface area contributed by atoms with Crippen LogP contribution in [0.1, 0.15) is 13.8 Å². The number of primary sulfonamides is 1. The fourth-order valence-electron chi connectivity index (χ4n) is 1.53. The molecule has 114 valence electrons. The van der Waals surface area contributed by atoms with Gasteiger partial charge in [0.05, 0.1) is 10.6 Å². The molecule has 0 saturated heterocycles. The Morgan fingerprint density at radius 2 is 1.75 bits per heavy atom. The summed E-state index contributed by atoms with van der Waals surface area (Å²) >= 11 is 0. The van der Waals surface area contributed by atoms with Gasteiger partial charge in [0.1, 0.15) is 5.82 Å². The van der Waals surface area contributed by atoms with Gasteiger partial charge >= 0.3 is 10.2 Å². The lowest BCUT2D eigenvalue weighted by Gasteiger charge is -2.19. The monoisotopic (exact) mass is 325 g/mol. The van der Waals surface area contributed by atoms with E-state index in [1.807, 2.05) is 4.72 Å². The van der Waals surface area contributed by atoms with Crippen molar-refractivity contribution in [3.8, 4) is 0 Å². The average Bonchev–Trinajstić information content (AvgIpc) is 2.31. The molecule has 0 fully saturated rings. The molecule has 0 aliphatic heterocycles. The highest BCUT2D eigenvalue weighted by atomic mass is 32.2. The molecule has 3 N–H and O–H groups in total. The number of sulfonamides is 1.